The SMILES string of the molecule is N[C@]12C[C@H](CCB(O)O)CC[C@H]1COC2=O. The molecule has 1 saturated heterocycles. The van der Waals surface area contributed by atoms with Crippen molar-refractivity contribution in [3.05, 3.63) is 0 Å². The molecule has 5 nitrogen and oxygen atoms in total. The Morgan fingerprint density at radius 1 is 1.50 bits per heavy atom. The minimum Gasteiger partial charge on any atom is -0.464 e. The van der Waals surface area contributed by atoms with Gasteiger partial charge in [-0.1, -0.05) is 6.42 Å². The van der Waals surface area contributed by atoms with E-state index in [2.05, 4.69) is 0 Å². The lowest BCUT2D eigenvalue weighted by atomic mass is 9.67. The van der Waals surface area contributed by atoms with Crippen molar-refractivity contribution in [1.29, 1.82) is 0 Å². The predicted molar refractivity (Wildman–Crippen MR) is 58.3 cm³/mol. The van der Waals surface area contributed by atoms with Crippen LogP contribution in [0.5, 0.6) is 0 Å². The Balaban J connectivity index is 1.94. The molecule has 0 aromatic rings. The van der Waals surface area contributed by atoms with E-state index in [0.29, 0.717) is 31.7 Å². The van der Waals surface area contributed by atoms with E-state index in [1.54, 1.807) is 0 Å². The standard InChI is InChI=1S/C10H18BNO4/c12-10-5-7(3-4-11(14)15)1-2-8(10)6-16-9(10)13/h7-8,14-15H,1-6,12H2/t7-,8-,10+/m0/s1. The molecule has 3 atom stereocenters. The molecular formula is C10H18BNO4. The molecule has 0 bridgehead atoms. The van der Waals surface area contributed by atoms with Crippen LogP contribution in [0.25, 0.3) is 0 Å². The van der Waals surface area contributed by atoms with E-state index in [1.165, 1.54) is 0 Å². The van der Waals surface area contributed by atoms with Crippen LogP contribution in [0, 0.1) is 11.8 Å². The van der Waals surface area contributed by atoms with E-state index in [4.69, 9.17) is 20.5 Å². The van der Waals surface area contributed by atoms with Crippen molar-refractivity contribution in [3.63, 3.8) is 0 Å². The van der Waals surface area contributed by atoms with E-state index >= 15 is 0 Å². The third-order valence-electron chi connectivity index (χ3n) is 3.91. The Labute approximate surface area is 95.1 Å². The molecule has 2 aliphatic rings. The van der Waals surface area contributed by atoms with Crippen LogP contribution in [0.1, 0.15) is 25.7 Å². The topological polar surface area (TPSA) is 92.8 Å². The van der Waals surface area contributed by atoms with E-state index in [9.17, 15) is 4.79 Å². The van der Waals surface area contributed by atoms with Gasteiger partial charge in [-0.3, -0.25) is 4.79 Å². The predicted octanol–water partition coefficient (Wildman–Crippen LogP) is -0.480. The van der Waals surface area contributed by atoms with Gasteiger partial charge in [0, 0.05) is 5.92 Å². The lowest BCUT2D eigenvalue weighted by molar-refractivity contribution is -0.143. The molecule has 1 aliphatic heterocycles. The molecule has 0 radical (unpaired) electrons. The minimum absolute atomic E-state index is 0.148. The number of ether oxygens (including phenoxy) is 1. The summed E-state index contributed by atoms with van der Waals surface area (Å²) in [5.74, 6) is 0.163. The molecule has 1 heterocycles. The average molecular weight is 227 g/mol. The highest BCUT2D eigenvalue weighted by molar-refractivity contribution is 6.40. The molecule has 0 unspecified atom stereocenters. The summed E-state index contributed by atoms with van der Waals surface area (Å²) in [6.45, 7) is 0.449. The van der Waals surface area contributed by atoms with Crippen molar-refractivity contribution in [3.8, 4) is 0 Å². The first-order chi connectivity index (χ1) is 7.52. The summed E-state index contributed by atoms with van der Waals surface area (Å²) in [5, 5.41) is 17.6. The normalized spacial score (nSPS) is 38.1. The summed E-state index contributed by atoms with van der Waals surface area (Å²) in [6.07, 6.45) is 3.56. The number of carbonyl (C=O) groups excluding carboxylic acids is 1. The van der Waals surface area contributed by atoms with Gasteiger partial charge in [0.15, 0.2) is 0 Å². The van der Waals surface area contributed by atoms with E-state index < -0.39 is 12.7 Å². The fraction of sp³-hybridized carbons (Fsp3) is 0.900. The van der Waals surface area contributed by atoms with Gasteiger partial charge in [0.05, 0.1) is 6.61 Å². The molecule has 0 spiro atoms. The van der Waals surface area contributed by atoms with Crippen molar-refractivity contribution < 1.29 is 19.6 Å². The number of carbonyl (C=O) groups is 1. The van der Waals surface area contributed by atoms with Crippen LogP contribution in [0.2, 0.25) is 6.32 Å². The first-order valence-electron chi connectivity index (χ1n) is 5.84. The van der Waals surface area contributed by atoms with Crippen LogP contribution < -0.4 is 5.73 Å². The Kier molecular flexibility index (Phi) is 3.23. The molecule has 1 saturated carbocycles. The van der Waals surface area contributed by atoms with E-state index in [1.807, 2.05) is 0 Å². The number of hydrogen-bond acceptors (Lipinski definition) is 5. The smallest absolute Gasteiger partial charge is 0.451 e. The quantitative estimate of drug-likeness (QED) is 0.447. The van der Waals surface area contributed by atoms with Crippen LogP contribution >= 0.6 is 0 Å². The molecule has 2 rings (SSSR count). The van der Waals surface area contributed by atoms with Crippen molar-refractivity contribution in [2.24, 2.45) is 17.6 Å². The first kappa shape index (κ1) is 11.9. The molecular weight excluding hydrogens is 209 g/mol. The molecule has 0 amide bonds. The monoisotopic (exact) mass is 227 g/mol. The maximum absolute atomic E-state index is 11.6. The zero-order valence-electron chi connectivity index (χ0n) is 9.26. The van der Waals surface area contributed by atoms with E-state index in [0.717, 1.165) is 12.8 Å². The van der Waals surface area contributed by atoms with Gasteiger partial charge < -0.3 is 20.5 Å². The summed E-state index contributed by atoms with van der Waals surface area (Å²) in [5.41, 5.74) is 5.29. The Hall–Kier alpha value is -0.585. The largest absolute Gasteiger partial charge is 0.464 e. The number of hydrogen-bond donors (Lipinski definition) is 3. The van der Waals surface area contributed by atoms with Crippen molar-refractivity contribution in [2.75, 3.05) is 6.61 Å². The third kappa shape index (κ3) is 2.10. The molecule has 4 N–H and O–H groups in total. The summed E-state index contributed by atoms with van der Waals surface area (Å²) in [4.78, 5) is 11.6. The summed E-state index contributed by atoms with van der Waals surface area (Å²) < 4.78 is 5.01. The zero-order chi connectivity index (χ0) is 11.8. The van der Waals surface area contributed by atoms with Crippen LogP contribution in [-0.2, 0) is 9.53 Å². The first-order valence-corrected chi connectivity index (χ1v) is 5.84. The lowest BCUT2D eigenvalue weighted by Crippen LogP contribution is -2.53. The minimum atomic E-state index is -1.26. The van der Waals surface area contributed by atoms with Crippen LogP contribution in [-0.4, -0.2) is 35.3 Å². The van der Waals surface area contributed by atoms with Gasteiger partial charge in [0.2, 0.25) is 0 Å². The third-order valence-corrected chi connectivity index (χ3v) is 3.91. The van der Waals surface area contributed by atoms with Gasteiger partial charge in [0.25, 0.3) is 0 Å². The van der Waals surface area contributed by atoms with Gasteiger partial charge in [-0.15, -0.1) is 0 Å². The highest BCUT2D eigenvalue weighted by Crippen LogP contribution is 2.41. The van der Waals surface area contributed by atoms with Crippen molar-refractivity contribution in [2.45, 2.75) is 37.5 Å². The fourth-order valence-electron chi connectivity index (χ4n) is 2.86. The molecule has 1 aliphatic carbocycles. The fourth-order valence-corrected chi connectivity index (χ4v) is 2.86. The maximum Gasteiger partial charge on any atom is 0.451 e. The van der Waals surface area contributed by atoms with Gasteiger partial charge in [0.1, 0.15) is 5.54 Å². The number of cyclic esters (lactones) is 1. The van der Waals surface area contributed by atoms with Crippen molar-refractivity contribution in [1.82, 2.24) is 0 Å². The highest BCUT2D eigenvalue weighted by Gasteiger charge is 2.52. The Morgan fingerprint density at radius 2 is 2.25 bits per heavy atom. The van der Waals surface area contributed by atoms with Crippen LogP contribution in [0.15, 0.2) is 0 Å². The second kappa shape index (κ2) is 4.35. The second-order valence-electron chi connectivity index (χ2n) is 5.04. The maximum atomic E-state index is 11.6. The highest BCUT2D eigenvalue weighted by atomic mass is 16.5. The van der Waals surface area contributed by atoms with Crippen LogP contribution in [0.3, 0.4) is 0 Å². The summed E-state index contributed by atoms with van der Waals surface area (Å²) >= 11 is 0. The molecule has 0 aromatic heterocycles. The van der Waals surface area contributed by atoms with Gasteiger partial charge in [-0.2, -0.15) is 0 Å². The van der Waals surface area contributed by atoms with Crippen LogP contribution in [0.4, 0.5) is 0 Å². The molecule has 2 fully saturated rings. The zero-order valence-corrected chi connectivity index (χ0v) is 9.26. The van der Waals surface area contributed by atoms with Gasteiger partial charge >= 0.3 is 13.1 Å². The van der Waals surface area contributed by atoms with Gasteiger partial charge in [-0.25, -0.2) is 0 Å². The van der Waals surface area contributed by atoms with E-state index in [-0.39, 0.29) is 11.9 Å². The molecule has 0 aromatic carbocycles. The second-order valence-corrected chi connectivity index (χ2v) is 5.04. The molecule has 90 valence electrons. The van der Waals surface area contributed by atoms with Gasteiger partial charge in [-0.05, 0) is 31.5 Å². The molecule has 6 heteroatoms. The number of rotatable bonds is 3. The number of nitrogens with two attached hydrogens (primary N) is 1. The summed E-state index contributed by atoms with van der Waals surface area (Å²) in [6, 6.07) is 0. The summed E-state index contributed by atoms with van der Waals surface area (Å²) in [7, 11) is -1.26. The number of esters is 1. The number of fused-ring (bicyclic) bond motifs is 1. The average Bonchev–Trinajstić information content (AvgIpc) is 2.52. The van der Waals surface area contributed by atoms with Crippen molar-refractivity contribution >= 4 is 13.1 Å². The Morgan fingerprint density at radius 3 is 2.94 bits per heavy atom. The molecule has 16 heavy (non-hydrogen) atoms. The lowest BCUT2D eigenvalue weighted by Gasteiger charge is -2.36. The Bertz CT molecular complexity index is 286.